The molecule has 1 fully saturated rings. The van der Waals surface area contributed by atoms with Gasteiger partial charge in [0.1, 0.15) is 5.60 Å². The summed E-state index contributed by atoms with van der Waals surface area (Å²) in [6.07, 6.45) is 1.93. The van der Waals surface area contributed by atoms with E-state index in [9.17, 15) is 4.79 Å². The molecule has 2 heterocycles. The van der Waals surface area contributed by atoms with Gasteiger partial charge in [-0.2, -0.15) is 0 Å². The topological polar surface area (TPSA) is 32.8 Å². The van der Waals surface area contributed by atoms with Crippen LogP contribution in [0.5, 0.6) is 0 Å². The monoisotopic (exact) mass is 380 g/mol. The summed E-state index contributed by atoms with van der Waals surface area (Å²) in [5, 5.41) is 0. The van der Waals surface area contributed by atoms with E-state index in [1.54, 1.807) is 0 Å². The standard InChI is InChI=1S/C18H25BrN2O2/c1-18(2,3)23-17(22)21-9-7-16(12-21)20-8-6-13-10-15(19)5-4-14(13)11-20/h4-5,10,16H,6-9,11-12H2,1-3H3. The molecular weight excluding hydrogens is 356 g/mol. The molecule has 1 aromatic carbocycles. The molecule has 126 valence electrons. The van der Waals surface area contributed by atoms with Crippen LogP contribution in [0.4, 0.5) is 4.79 Å². The molecule has 0 radical (unpaired) electrons. The first-order valence-electron chi connectivity index (χ1n) is 8.31. The molecular formula is C18H25BrN2O2. The molecule has 1 aromatic rings. The lowest BCUT2D eigenvalue weighted by atomic mass is 9.98. The molecule has 3 rings (SSSR count). The number of hydrogen-bond acceptors (Lipinski definition) is 3. The Kier molecular flexibility index (Phi) is 4.70. The van der Waals surface area contributed by atoms with E-state index in [1.165, 1.54) is 11.1 Å². The highest BCUT2D eigenvalue weighted by Crippen LogP contribution is 2.27. The van der Waals surface area contributed by atoms with Crippen molar-refractivity contribution in [2.45, 2.75) is 51.8 Å². The normalized spacial score (nSPS) is 22.1. The molecule has 1 amide bonds. The number of benzene rings is 1. The van der Waals surface area contributed by atoms with Gasteiger partial charge >= 0.3 is 6.09 Å². The van der Waals surface area contributed by atoms with Crippen molar-refractivity contribution in [1.82, 2.24) is 9.80 Å². The molecule has 0 bridgehead atoms. The molecule has 2 aliphatic heterocycles. The third-order valence-corrected chi connectivity index (χ3v) is 5.03. The van der Waals surface area contributed by atoms with Crippen molar-refractivity contribution in [2.24, 2.45) is 0 Å². The Hall–Kier alpha value is -1.07. The fourth-order valence-corrected chi connectivity index (χ4v) is 3.80. The van der Waals surface area contributed by atoms with Crippen LogP contribution in [0.25, 0.3) is 0 Å². The van der Waals surface area contributed by atoms with Crippen molar-refractivity contribution in [3.8, 4) is 0 Å². The minimum atomic E-state index is -0.424. The number of rotatable bonds is 1. The van der Waals surface area contributed by atoms with Gasteiger partial charge in [-0.1, -0.05) is 22.0 Å². The Labute approximate surface area is 146 Å². The Bertz CT molecular complexity index is 597. The zero-order valence-electron chi connectivity index (χ0n) is 14.1. The van der Waals surface area contributed by atoms with Crippen LogP contribution in [0.15, 0.2) is 22.7 Å². The summed E-state index contributed by atoms with van der Waals surface area (Å²) < 4.78 is 6.64. The van der Waals surface area contributed by atoms with Crippen molar-refractivity contribution in [1.29, 1.82) is 0 Å². The molecule has 0 aliphatic carbocycles. The lowest BCUT2D eigenvalue weighted by Gasteiger charge is -2.33. The van der Waals surface area contributed by atoms with Gasteiger partial charge < -0.3 is 9.64 Å². The fourth-order valence-electron chi connectivity index (χ4n) is 3.39. The van der Waals surface area contributed by atoms with Crippen LogP contribution in [-0.4, -0.2) is 47.2 Å². The maximum atomic E-state index is 12.2. The van der Waals surface area contributed by atoms with Crippen molar-refractivity contribution in [2.75, 3.05) is 19.6 Å². The van der Waals surface area contributed by atoms with Gasteiger partial charge in [0, 0.05) is 36.7 Å². The van der Waals surface area contributed by atoms with Gasteiger partial charge in [-0.05, 0) is 56.9 Å². The van der Waals surface area contributed by atoms with Gasteiger partial charge in [0.05, 0.1) is 0 Å². The minimum absolute atomic E-state index is 0.179. The van der Waals surface area contributed by atoms with Gasteiger partial charge in [0.2, 0.25) is 0 Å². The van der Waals surface area contributed by atoms with Crippen LogP contribution in [0, 0.1) is 0 Å². The fraction of sp³-hybridized carbons (Fsp3) is 0.611. The number of fused-ring (bicyclic) bond motifs is 1. The van der Waals surface area contributed by atoms with E-state index in [1.807, 2.05) is 25.7 Å². The summed E-state index contributed by atoms with van der Waals surface area (Å²) in [7, 11) is 0. The van der Waals surface area contributed by atoms with E-state index in [-0.39, 0.29) is 6.09 Å². The summed E-state index contributed by atoms with van der Waals surface area (Å²) >= 11 is 3.55. The minimum Gasteiger partial charge on any atom is -0.444 e. The van der Waals surface area contributed by atoms with Crippen LogP contribution >= 0.6 is 15.9 Å². The Morgan fingerprint density at radius 1 is 1.26 bits per heavy atom. The highest BCUT2D eigenvalue weighted by molar-refractivity contribution is 9.10. The van der Waals surface area contributed by atoms with E-state index >= 15 is 0 Å². The number of carbonyl (C=O) groups excluding carboxylic acids is 1. The number of ether oxygens (including phenoxy) is 1. The van der Waals surface area contributed by atoms with Gasteiger partial charge in [0.25, 0.3) is 0 Å². The molecule has 0 spiro atoms. The van der Waals surface area contributed by atoms with E-state index in [0.29, 0.717) is 6.04 Å². The van der Waals surface area contributed by atoms with Crippen LogP contribution in [0.3, 0.4) is 0 Å². The third-order valence-electron chi connectivity index (χ3n) is 4.54. The SMILES string of the molecule is CC(C)(C)OC(=O)N1CCC(N2CCc3cc(Br)ccc3C2)C1. The molecule has 2 aliphatic rings. The van der Waals surface area contributed by atoms with Crippen molar-refractivity contribution in [3.63, 3.8) is 0 Å². The van der Waals surface area contributed by atoms with Gasteiger partial charge in [-0.25, -0.2) is 4.79 Å². The first-order valence-corrected chi connectivity index (χ1v) is 9.10. The number of amides is 1. The second-order valence-corrected chi connectivity index (χ2v) is 8.42. The predicted molar refractivity (Wildman–Crippen MR) is 94.5 cm³/mol. The molecule has 23 heavy (non-hydrogen) atoms. The van der Waals surface area contributed by atoms with Crippen LogP contribution in [-0.2, 0) is 17.7 Å². The third kappa shape index (κ3) is 4.07. The summed E-state index contributed by atoms with van der Waals surface area (Å²) in [5.74, 6) is 0. The number of nitrogens with zero attached hydrogens (tertiary/aromatic N) is 2. The average Bonchev–Trinajstić information content (AvgIpc) is 2.95. The number of carbonyl (C=O) groups is 1. The lowest BCUT2D eigenvalue weighted by Crippen LogP contribution is -2.42. The largest absolute Gasteiger partial charge is 0.444 e. The maximum Gasteiger partial charge on any atom is 0.410 e. The summed E-state index contributed by atoms with van der Waals surface area (Å²) in [5.41, 5.74) is 2.43. The average molecular weight is 381 g/mol. The van der Waals surface area contributed by atoms with Crippen LogP contribution < -0.4 is 0 Å². The van der Waals surface area contributed by atoms with Crippen LogP contribution in [0.2, 0.25) is 0 Å². The van der Waals surface area contributed by atoms with Crippen LogP contribution in [0.1, 0.15) is 38.3 Å². The first kappa shape index (κ1) is 16.8. The zero-order valence-corrected chi connectivity index (χ0v) is 15.7. The number of hydrogen-bond donors (Lipinski definition) is 0. The maximum absolute atomic E-state index is 12.2. The molecule has 1 atom stereocenters. The van der Waals surface area contributed by atoms with E-state index in [2.05, 4.69) is 39.0 Å². The molecule has 1 unspecified atom stereocenters. The van der Waals surface area contributed by atoms with Crippen molar-refractivity contribution < 1.29 is 9.53 Å². The zero-order chi connectivity index (χ0) is 16.6. The highest BCUT2D eigenvalue weighted by atomic mass is 79.9. The van der Waals surface area contributed by atoms with Gasteiger partial charge in [-0.3, -0.25) is 4.90 Å². The summed E-state index contributed by atoms with van der Waals surface area (Å²) in [4.78, 5) is 16.6. The Morgan fingerprint density at radius 2 is 2.04 bits per heavy atom. The smallest absolute Gasteiger partial charge is 0.410 e. The lowest BCUT2D eigenvalue weighted by molar-refractivity contribution is 0.0278. The second-order valence-electron chi connectivity index (χ2n) is 7.50. The molecule has 0 aromatic heterocycles. The predicted octanol–water partition coefficient (Wildman–Crippen LogP) is 3.82. The number of halogens is 1. The number of likely N-dealkylation sites (tertiary alicyclic amines) is 1. The molecule has 0 N–H and O–H groups in total. The van der Waals surface area contributed by atoms with E-state index < -0.39 is 5.60 Å². The van der Waals surface area contributed by atoms with Gasteiger partial charge in [0.15, 0.2) is 0 Å². The second kappa shape index (κ2) is 6.44. The Morgan fingerprint density at radius 3 is 2.78 bits per heavy atom. The summed E-state index contributed by atoms with van der Waals surface area (Å²) in [6, 6.07) is 7.00. The van der Waals surface area contributed by atoms with Gasteiger partial charge in [-0.15, -0.1) is 0 Å². The molecule has 1 saturated heterocycles. The summed E-state index contributed by atoms with van der Waals surface area (Å²) in [6.45, 7) is 9.37. The van der Waals surface area contributed by atoms with Crippen molar-refractivity contribution in [3.05, 3.63) is 33.8 Å². The quantitative estimate of drug-likeness (QED) is 0.742. The highest BCUT2D eigenvalue weighted by Gasteiger charge is 2.33. The van der Waals surface area contributed by atoms with E-state index in [0.717, 1.165) is 43.5 Å². The first-order chi connectivity index (χ1) is 10.8. The molecule has 4 nitrogen and oxygen atoms in total. The van der Waals surface area contributed by atoms with E-state index in [4.69, 9.17) is 4.74 Å². The molecule has 0 saturated carbocycles. The molecule has 5 heteroatoms. The van der Waals surface area contributed by atoms with Crippen molar-refractivity contribution >= 4 is 22.0 Å². The Balaban J connectivity index is 1.60.